The molecule has 11 nitrogen and oxygen atoms in total. The van der Waals surface area contributed by atoms with Gasteiger partial charge in [0.05, 0.1) is 24.5 Å². The number of amides is 2. The van der Waals surface area contributed by atoms with Gasteiger partial charge in [-0.1, -0.05) is 0 Å². The first-order valence-electron chi connectivity index (χ1n) is 9.97. The molecule has 1 aromatic rings. The molecule has 3 heterocycles. The molecule has 162 valence electrons. The van der Waals surface area contributed by atoms with Crippen molar-refractivity contribution in [2.24, 2.45) is 0 Å². The molecule has 11 heteroatoms. The highest BCUT2D eigenvalue weighted by atomic mass is 16.5. The second-order valence-corrected chi connectivity index (χ2v) is 8.35. The molecule has 1 saturated carbocycles. The lowest BCUT2D eigenvalue weighted by molar-refractivity contribution is -0.143. The Labute approximate surface area is 174 Å². The van der Waals surface area contributed by atoms with Crippen LogP contribution in [0.3, 0.4) is 0 Å². The predicted molar refractivity (Wildman–Crippen MR) is 106 cm³/mol. The first-order valence-corrected chi connectivity index (χ1v) is 9.97. The number of fused-ring (bicyclic) bond motifs is 1. The standard InChI is InChI=1S/C19H27N7O4/c1-19(2,30-3)10-25-14-8-12(23-13-9-20-6-7-21-13)24-26(14)18(29)15(17(25)28)16(27)22-11-4-5-11/h6-7,9,11-12,14,24,28H,4-5,8,10H2,1-3H3,(H,21,23)(H,22,27). The minimum Gasteiger partial charge on any atom is -0.494 e. The quantitative estimate of drug-likeness (QED) is 0.455. The monoisotopic (exact) mass is 417 g/mol. The number of ether oxygens (including phenoxy) is 1. The van der Waals surface area contributed by atoms with Crippen LogP contribution in [0.5, 0.6) is 0 Å². The third-order valence-electron chi connectivity index (χ3n) is 5.46. The Kier molecular flexibility index (Phi) is 5.24. The van der Waals surface area contributed by atoms with Gasteiger partial charge in [-0.05, 0) is 26.7 Å². The lowest BCUT2D eigenvalue weighted by Crippen LogP contribution is -2.59. The van der Waals surface area contributed by atoms with Gasteiger partial charge in [-0.2, -0.15) is 0 Å². The molecular formula is C19H27N7O4. The third-order valence-corrected chi connectivity index (χ3v) is 5.46. The Balaban J connectivity index is 1.61. The maximum Gasteiger partial charge on any atom is 0.281 e. The van der Waals surface area contributed by atoms with E-state index in [2.05, 4.69) is 26.0 Å². The molecule has 4 rings (SSSR count). The fourth-order valence-electron chi connectivity index (χ4n) is 3.57. The zero-order valence-electron chi connectivity index (χ0n) is 17.3. The first kappa shape index (κ1) is 20.4. The minimum absolute atomic E-state index is 0.0600. The molecule has 2 atom stereocenters. The van der Waals surface area contributed by atoms with Crippen molar-refractivity contribution in [2.45, 2.75) is 57.1 Å². The van der Waals surface area contributed by atoms with Crippen LogP contribution in [0.1, 0.15) is 33.1 Å². The van der Waals surface area contributed by atoms with Crippen molar-refractivity contribution in [3.63, 3.8) is 0 Å². The molecule has 0 spiro atoms. The number of rotatable bonds is 7. The number of carbonyl (C=O) groups excluding carboxylic acids is 2. The van der Waals surface area contributed by atoms with Crippen LogP contribution in [-0.2, 0) is 14.3 Å². The number of aromatic nitrogens is 2. The Morgan fingerprint density at radius 2 is 2.17 bits per heavy atom. The van der Waals surface area contributed by atoms with Crippen molar-refractivity contribution in [1.29, 1.82) is 0 Å². The Morgan fingerprint density at radius 3 is 2.80 bits per heavy atom. The molecule has 0 aromatic carbocycles. The van der Waals surface area contributed by atoms with E-state index in [1.54, 1.807) is 30.6 Å². The first-order chi connectivity index (χ1) is 14.3. The SMILES string of the molecule is COC(C)(C)CN1C(O)=C(C(=O)NC2CC2)C(=O)N2NC(Nc3cnccn3)CC12. The molecule has 1 saturated heterocycles. The topological polar surface area (TPSA) is 132 Å². The van der Waals surface area contributed by atoms with Gasteiger partial charge < -0.3 is 25.4 Å². The van der Waals surface area contributed by atoms with E-state index in [-0.39, 0.29) is 30.2 Å². The zero-order valence-corrected chi connectivity index (χ0v) is 17.3. The van der Waals surface area contributed by atoms with Gasteiger partial charge in [-0.15, -0.1) is 0 Å². The van der Waals surface area contributed by atoms with Gasteiger partial charge in [0.15, 0.2) is 5.57 Å². The summed E-state index contributed by atoms with van der Waals surface area (Å²) in [5, 5.41) is 18.3. The van der Waals surface area contributed by atoms with E-state index in [1.165, 1.54) is 5.01 Å². The minimum atomic E-state index is -0.617. The molecule has 2 fully saturated rings. The molecule has 2 aliphatic heterocycles. The van der Waals surface area contributed by atoms with E-state index in [0.29, 0.717) is 12.2 Å². The van der Waals surface area contributed by atoms with Crippen molar-refractivity contribution < 1.29 is 19.4 Å². The molecule has 3 aliphatic rings. The van der Waals surface area contributed by atoms with E-state index in [0.717, 1.165) is 12.8 Å². The number of hydrogen-bond donors (Lipinski definition) is 4. The Morgan fingerprint density at radius 1 is 1.40 bits per heavy atom. The summed E-state index contributed by atoms with van der Waals surface area (Å²) < 4.78 is 5.52. The Hall–Kier alpha value is -2.92. The van der Waals surface area contributed by atoms with Crippen LogP contribution in [0.2, 0.25) is 0 Å². The number of nitrogens with zero attached hydrogens (tertiary/aromatic N) is 4. The molecular weight excluding hydrogens is 390 g/mol. The smallest absolute Gasteiger partial charge is 0.281 e. The number of carbonyl (C=O) groups is 2. The highest BCUT2D eigenvalue weighted by Crippen LogP contribution is 2.32. The number of anilines is 1. The van der Waals surface area contributed by atoms with Crippen LogP contribution in [0, 0.1) is 0 Å². The summed E-state index contributed by atoms with van der Waals surface area (Å²) in [6.07, 6.45) is 6.08. The maximum atomic E-state index is 13.1. The largest absolute Gasteiger partial charge is 0.494 e. The summed E-state index contributed by atoms with van der Waals surface area (Å²) in [5.74, 6) is -0.905. The highest BCUT2D eigenvalue weighted by Gasteiger charge is 2.49. The fourth-order valence-corrected chi connectivity index (χ4v) is 3.57. The zero-order chi connectivity index (χ0) is 21.5. The summed E-state index contributed by atoms with van der Waals surface area (Å²) >= 11 is 0. The number of hydrogen-bond acceptors (Lipinski definition) is 9. The number of nitrogens with one attached hydrogen (secondary N) is 3. The number of aliphatic hydroxyl groups is 1. The van der Waals surface area contributed by atoms with E-state index in [1.807, 2.05) is 13.8 Å². The number of aliphatic hydroxyl groups excluding tert-OH is 1. The van der Waals surface area contributed by atoms with Gasteiger partial charge in [0, 0.05) is 32.0 Å². The van der Waals surface area contributed by atoms with Crippen molar-refractivity contribution in [3.8, 4) is 0 Å². The van der Waals surface area contributed by atoms with Crippen molar-refractivity contribution in [2.75, 3.05) is 19.0 Å². The summed E-state index contributed by atoms with van der Waals surface area (Å²) in [7, 11) is 1.58. The molecule has 4 N–H and O–H groups in total. The van der Waals surface area contributed by atoms with Crippen LogP contribution >= 0.6 is 0 Å². The molecule has 30 heavy (non-hydrogen) atoms. The van der Waals surface area contributed by atoms with E-state index < -0.39 is 23.6 Å². The van der Waals surface area contributed by atoms with E-state index in [9.17, 15) is 14.7 Å². The summed E-state index contributed by atoms with van der Waals surface area (Å²) in [5.41, 5.74) is 2.21. The van der Waals surface area contributed by atoms with Crippen LogP contribution < -0.4 is 16.1 Å². The molecule has 1 aliphatic carbocycles. The molecule has 2 unspecified atom stereocenters. The Bertz CT molecular complexity index is 856. The number of hydrazine groups is 1. The molecule has 2 amide bonds. The van der Waals surface area contributed by atoms with Crippen molar-refractivity contribution in [1.82, 2.24) is 30.6 Å². The van der Waals surface area contributed by atoms with Gasteiger partial charge in [-0.3, -0.25) is 14.6 Å². The summed E-state index contributed by atoms with van der Waals surface area (Å²) in [6, 6.07) is 0.0600. The molecule has 0 bridgehead atoms. The van der Waals surface area contributed by atoms with Crippen LogP contribution in [0.25, 0.3) is 0 Å². The summed E-state index contributed by atoms with van der Waals surface area (Å²) in [4.78, 5) is 35.7. The van der Waals surface area contributed by atoms with Gasteiger partial charge in [0.2, 0.25) is 5.88 Å². The number of methoxy groups -OCH3 is 1. The van der Waals surface area contributed by atoms with Crippen LogP contribution in [0.4, 0.5) is 5.82 Å². The van der Waals surface area contributed by atoms with Gasteiger partial charge in [0.25, 0.3) is 11.8 Å². The van der Waals surface area contributed by atoms with Crippen LogP contribution in [-0.4, -0.2) is 74.4 Å². The third kappa shape index (κ3) is 4.03. The second kappa shape index (κ2) is 7.73. The normalized spacial score (nSPS) is 24.2. The van der Waals surface area contributed by atoms with Crippen molar-refractivity contribution >= 4 is 17.6 Å². The fraction of sp³-hybridized carbons (Fsp3) is 0.579. The van der Waals surface area contributed by atoms with Crippen molar-refractivity contribution in [3.05, 3.63) is 30.0 Å². The second-order valence-electron chi connectivity index (χ2n) is 8.35. The average Bonchev–Trinajstić information content (AvgIpc) is 3.42. The lowest BCUT2D eigenvalue weighted by Gasteiger charge is -2.42. The molecule has 1 aromatic heterocycles. The van der Waals surface area contributed by atoms with Gasteiger partial charge in [-0.25, -0.2) is 15.4 Å². The molecule has 0 radical (unpaired) electrons. The summed E-state index contributed by atoms with van der Waals surface area (Å²) in [6.45, 7) is 4.04. The average molecular weight is 417 g/mol. The predicted octanol–water partition coefficient (Wildman–Crippen LogP) is 0.0664. The van der Waals surface area contributed by atoms with E-state index >= 15 is 0 Å². The lowest BCUT2D eigenvalue weighted by atomic mass is 10.1. The highest BCUT2D eigenvalue weighted by molar-refractivity contribution is 6.19. The maximum absolute atomic E-state index is 13.1. The van der Waals surface area contributed by atoms with Crippen LogP contribution in [0.15, 0.2) is 30.0 Å². The van der Waals surface area contributed by atoms with Gasteiger partial charge >= 0.3 is 0 Å². The van der Waals surface area contributed by atoms with Gasteiger partial charge in [0.1, 0.15) is 12.0 Å². The van der Waals surface area contributed by atoms with E-state index in [4.69, 9.17) is 4.74 Å².